The third-order valence-corrected chi connectivity index (χ3v) is 6.07. The highest BCUT2D eigenvalue weighted by atomic mass is 32.2. The van der Waals surface area contributed by atoms with Crippen LogP contribution in [0.15, 0.2) is 99.1 Å². The lowest BCUT2D eigenvalue weighted by Gasteiger charge is -2.09. The van der Waals surface area contributed by atoms with Crippen LogP contribution in [0.3, 0.4) is 0 Å². The van der Waals surface area contributed by atoms with E-state index in [4.69, 9.17) is 4.42 Å². The van der Waals surface area contributed by atoms with Gasteiger partial charge in [-0.2, -0.15) is 0 Å². The Balaban J connectivity index is 1.73. The Morgan fingerprint density at radius 3 is 2.20 bits per heavy atom. The Bertz CT molecular complexity index is 1390. The lowest BCUT2D eigenvalue weighted by molar-refractivity contribution is -0.384. The number of non-ortho nitro benzene ring substituents is 1. The molecule has 5 nitrogen and oxygen atoms in total. The van der Waals surface area contributed by atoms with E-state index in [2.05, 4.69) is 0 Å². The lowest BCUT2D eigenvalue weighted by Crippen LogP contribution is -1.86. The second-order valence-corrected chi connectivity index (χ2v) is 7.88. The van der Waals surface area contributed by atoms with E-state index >= 15 is 0 Å². The summed E-state index contributed by atoms with van der Waals surface area (Å²) in [5.74, 6) is 0.800. The molecule has 0 atom stereocenters. The minimum Gasteiger partial charge on any atom is -0.506 e. The van der Waals surface area contributed by atoms with Gasteiger partial charge in [-0.3, -0.25) is 10.1 Å². The van der Waals surface area contributed by atoms with E-state index in [1.807, 2.05) is 60.7 Å². The molecule has 30 heavy (non-hydrogen) atoms. The van der Waals surface area contributed by atoms with Gasteiger partial charge in [0.15, 0.2) is 0 Å². The summed E-state index contributed by atoms with van der Waals surface area (Å²) < 4.78 is 6.21. The zero-order chi connectivity index (χ0) is 20.7. The van der Waals surface area contributed by atoms with Gasteiger partial charge in [0.2, 0.25) is 0 Å². The van der Waals surface area contributed by atoms with Crippen molar-refractivity contribution in [2.45, 2.75) is 9.79 Å². The predicted molar refractivity (Wildman–Crippen MR) is 118 cm³/mol. The number of nitro groups is 1. The van der Waals surface area contributed by atoms with Crippen LogP contribution >= 0.6 is 11.8 Å². The minimum absolute atomic E-state index is 0.0262. The summed E-state index contributed by atoms with van der Waals surface area (Å²) in [7, 11) is 0. The molecule has 0 aliphatic carbocycles. The summed E-state index contributed by atoms with van der Waals surface area (Å²) in [6.07, 6.45) is 0. The molecule has 0 saturated carbocycles. The molecular formula is C24H15NO4S. The normalized spacial score (nSPS) is 11.2. The summed E-state index contributed by atoms with van der Waals surface area (Å²) >= 11 is 1.47. The molecule has 5 aromatic rings. The number of aromatic hydroxyl groups is 1. The van der Waals surface area contributed by atoms with Crippen molar-refractivity contribution in [1.82, 2.24) is 0 Å². The highest BCUT2D eigenvalue weighted by Crippen LogP contribution is 2.47. The summed E-state index contributed by atoms with van der Waals surface area (Å²) in [4.78, 5) is 12.2. The van der Waals surface area contributed by atoms with E-state index in [0.717, 1.165) is 21.2 Å². The third kappa shape index (κ3) is 3.07. The summed E-state index contributed by atoms with van der Waals surface area (Å²) in [6.45, 7) is 0. The number of benzene rings is 4. The first-order chi connectivity index (χ1) is 14.6. The molecule has 1 heterocycles. The maximum atomic E-state index is 11.0. The second kappa shape index (κ2) is 7.24. The van der Waals surface area contributed by atoms with Gasteiger partial charge in [-0.15, -0.1) is 0 Å². The molecule has 0 aliphatic heterocycles. The fourth-order valence-electron chi connectivity index (χ4n) is 3.50. The van der Waals surface area contributed by atoms with Gasteiger partial charge in [-0.1, -0.05) is 54.2 Å². The average Bonchev–Trinajstić information content (AvgIpc) is 3.23. The quantitative estimate of drug-likeness (QED) is 0.253. The van der Waals surface area contributed by atoms with Crippen molar-refractivity contribution in [3.63, 3.8) is 0 Å². The Labute approximate surface area is 175 Å². The Morgan fingerprint density at radius 2 is 1.50 bits per heavy atom. The topological polar surface area (TPSA) is 76.5 Å². The molecule has 1 N–H and O–H groups in total. The molecule has 0 amide bonds. The van der Waals surface area contributed by atoms with E-state index < -0.39 is 4.92 Å². The molecular weight excluding hydrogens is 398 g/mol. The number of hydrogen-bond donors (Lipinski definition) is 1. The lowest BCUT2D eigenvalue weighted by atomic mass is 10.1. The van der Waals surface area contributed by atoms with Crippen LogP contribution in [0.5, 0.6) is 5.75 Å². The van der Waals surface area contributed by atoms with Crippen LogP contribution in [0.1, 0.15) is 0 Å². The third-order valence-electron chi connectivity index (χ3n) is 4.94. The van der Waals surface area contributed by atoms with Gasteiger partial charge in [0.25, 0.3) is 5.69 Å². The van der Waals surface area contributed by atoms with Gasteiger partial charge in [-0.25, -0.2) is 0 Å². The molecule has 146 valence electrons. The fraction of sp³-hybridized carbons (Fsp3) is 0. The van der Waals surface area contributed by atoms with Gasteiger partial charge >= 0.3 is 0 Å². The molecule has 0 bridgehead atoms. The first-order valence-corrected chi connectivity index (χ1v) is 10.1. The number of phenols is 1. The molecule has 4 aromatic carbocycles. The van der Waals surface area contributed by atoms with Crippen molar-refractivity contribution in [2.75, 3.05) is 0 Å². The predicted octanol–water partition coefficient (Wildman–Crippen LogP) is 7.02. The summed E-state index contributed by atoms with van der Waals surface area (Å²) in [5, 5.41) is 24.3. The molecule has 0 unspecified atom stereocenters. The van der Waals surface area contributed by atoms with Crippen LogP contribution in [0.25, 0.3) is 33.1 Å². The van der Waals surface area contributed by atoms with Crippen molar-refractivity contribution in [2.24, 2.45) is 0 Å². The van der Waals surface area contributed by atoms with Crippen molar-refractivity contribution in [3.8, 4) is 17.1 Å². The zero-order valence-electron chi connectivity index (χ0n) is 15.6. The average molecular weight is 413 g/mol. The molecule has 0 fully saturated rings. The number of hydrogen-bond acceptors (Lipinski definition) is 5. The maximum absolute atomic E-state index is 11.0. The Morgan fingerprint density at radius 1 is 0.833 bits per heavy atom. The van der Waals surface area contributed by atoms with Crippen LogP contribution < -0.4 is 0 Å². The van der Waals surface area contributed by atoms with Crippen LogP contribution in [0.4, 0.5) is 5.69 Å². The molecule has 0 aliphatic rings. The van der Waals surface area contributed by atoms with Crippen molar-refractivity contribution in [3.05, 3.63) is 95.0 Å². The Kier molecular flexibility index (Phi) is 4.41. The highest BCUT2D eigenvalue weighted by Gasteiger charge is 2.19. The smallest absolute Gasteiger partial charge is 0.269 e. The molecule has 1 aromatic heterocycles. The van der Waals surface area contributed by atoms with Crippen LogP contribution in [0.2, 0.25) is 0 Å². The summed E-state index contributed by atoms with van der Waals surface area (Å²) in [6, 6.07) is 25.5. The summed E-state index contributed by atoms with van der Waals surface area (Å²) in [5.41, 5.74) is 1.43. The van der Waals surface area contributed by atoms with E-state index in [1.54, 1.807) is 12.1 Å². The van der Waals surface area contributed by atoms with Gasteiger partial charge in [0.05, 0.1) is 9.82 Å². The van der Waals surface area contributed by atoms with Crippen LogP contribution in [-0.4, -0.2) is 10.0 Å². The molecule has 0 spiro atoms. The van der Waals surface area contributed by atoms with Gasteiger partial charge < -0.3 is 9.52 Å². The first-order valence-electron chi connectivity index (χ1n) is 9.27. The number of fused-ring (bicyclic) bond motifs is 3. The van der Waals surface area contributed by atoms with Gasteiger partial charge in [0.1, 0.15) is 17.1 Å². The van der Waals surface area contributed by atoms with E-state index in [1.165, 1.54) is 23.9 Å². The molecule has 6 heteroatoms. The van der Waals surface area contributed by atoms with Crippen molar-refractivity contribution >= 4 is 39.2 Å². The van der Waals surface area contributed by atoms with Crippen LogP contribution in [0, 0.1) is 10.1 Å². The van der Waals surface area contributed by atoms with Gasteiger partial charge in [0, 0.05) is 38.8 Å². The highest BCUT2D eigenvalue weighted by molar-refractivity contribution is 7.99. The van der Waals surface area contributed by atoms with Crippen molar-refractivity contribution in [1.29, 1.82) is 0 Å². The monoisotopic (exact) mass is 413 g/mol. The molecule has 0 radical (unpaired) electrons. The standard InChI is InChI=1S/C24H15NO4S/c26-22-18-8-4-5-9-19(18)23-20(24(22)30-17-6-2-1-3-7-17)14-21(29-23)15-10-12-16(13-11-15)25(27)28/h1-14,26H. The first kappa shape index (κ1) is 18.3. The Hall–Kier alpha value is -3.77. The number of rotatable bonds is 4. The van der Waals surface area contributed by atoms with Crippen molar-refractivity contribution < 1.29 is 14.4 Å². The number of nitro benzene ring substituents is 1. The molecule has 5 rings (SSSR count). The zero-order valence-corrected chi connectivity index (χ0v) is 16.4. The number of nitrogens with zero attached hydrogens (tertiary/aromatic N) is 1. The largest absolute Gasteiger partial charge is 0.506 e. The van der Waals surface area contributed by atoms with E-state index in [-0.39, 0.29) is 11.4 Å². The minimum atomic E-state index is -0.428. The van der Waals surface area contributed by atoms with Crippen LogP contribution in [-0.2, 0) is 0 Å². The van der Waals surface area contributed by atoms with E-state index in [0.29, 0.717) is 21.6 Å². The number of phenolic OH excluding ortho intramolecular Hbond substituents is 1. The second-order valence-electron chi connectivity index (χ2n) is 6.80. The SMILES string of the molecule is O=[N+]([O-])c1ccc(-c2cc3c(Sc4ccccc4)c(O)c4ccccc4c3o2)cc1. The van der Waals surface area contributed by atoms with Gasteiger partial charge in [-0.05, 0) is 30.3 Å². The fourth-order valence-corrected chi connectivity index (χ4v) is 4.49. The molecule has 0 saturated heterocycles. The number of furan rings is 1. The maximum Gasteiger partial charge on any atom is 0.269 e. The van der Waals surface area contributed by atoms with E-state index in [9.17, 15) is 15.2 Å².